The van der Waals surface area contributed by atoms with Gasteiger partial charge in [-0.15, -0.1) is 12.4 Å². The van der Waals surface area contributed by atoms with Crippen LogP contribution in [0.1, 0.15) is 18.4 Å². The number of carbonyl (C=O) groups is 1. The van der Waals surface area contributed by atoms with E-state index >= 15 is 0 Å². The molecule has 1 saturated heterocycles. The van der Waals surface area contributed by atoms with E-state index in [4.69, 9.17) is 5.73 Å². The molecule has 6 heteroatoms. The zero-order valence-electron chi connectivity index (χ0n) is 11.1. The van der Waals surface area contributed by atoms with Crippen molar-refractivity contribution in [3.05, 3.63) is 35.4 Å². The van der Waals surface area contributed by atoms with E-state index in [0.717, 1.165) is 24.6 Å². The van der Waals surface area contributed by atoms with Crippen molar-refractivity contribution in [2.24, 2.45) is 11.7 Å². The second-order valence-electron chi connectivity index (χ2n) is 4.97. The number of hydrogen-bond donors (Lipinski definition) is 1. The Hall–Kier alpha value is -1.20. The lowest BCUT2D eigenvalue weighted by Gasteiger charge is -2.16. The average Bonchev–Trinajstić information content (AvgIpc) is 2.88. The molecular formula is C14H19ClF2N2O. The third-order valence-electron chi connectivity index (χ3n) is 3.59. The molecule has 1 fully saturated rings. The minimum atomic E-state index is -0.479. The maximum atomic E-state index is 13.4. The molecule has 1 aromatic rings. The minimum Gasteiger partial charge on any atom is -0.342 e. The lowest BCUT2D eigenvalue weighted by atomic mass is 10.1. The lowest BCUT2D eigenvalue weighted by molar-refractivity contribution is -0.130. The fourth-order valence-electron chi connectivity index (χ4n) is 2.39. The van der Waals surface area contributed by atoms with E-state index in [-0.39, 0.29) is 36.7 Å². The van der Waals surface area contributed by atoms with Gasteiger partial charge in [0.1, 0.15) is 11.6 Å². The number of carbonyl (C=O) groups excluding carboxylic acids is 1. The van der Waals surface area contributed by atoms with Crippen LogP contribution in [0.3, 0.4) is 0 Å². The van der Waals surface area contributed by atoms with Gasteiger partial charge in [0.15, 0.2) is 0 Å². The van der Waals surface area contributed by atoms with Gasteiger partial charge < -0.3 is 10.6 Å². The van der Waals surface area contributed by atoms with Gasteiger partial charge in [-0.3, -0.25) is 4.79 Å². The standard InChI is InChI=1S/C14H18F2N2O.ClH/c15-12-2-3-13(16)11(7-12)1-4-14(19)18-6-5-10(8-17)9-18;/h2-3,7,10H,1,4-6,8-9,17H2;1H. The Balaban J connectivity index is 0.00000200. The molecule has 1 aromatic carbocycles. The van der Waals surface area contributed by atoms with Gasteiger partial charge in [-0.2, -0.15) is 0 Å². The highest BCUT2D eigenvalue weighted by Gasteiger charge is 2.24. The second kappa shape index (κ2) is 7.55. The summed E-state index contributed by atoms with van der Waals surface area (Å²) in [5.74, 6) is -0.585. The number of rotatable bonds is 4. The van der Waals surface area contributed by atoms with Crippen LogP contribution in [0.15, 0.2) is 18.2 Å². The molecule has 1 heterocycles. The Morgan fingerprint density at radius 3 is 2.80 bits per heavy atom. The SMILES string of the molecule is Cl.NCC1CCN(C(=O)CCc2cc(F)ccc2F)C1. The normalized spacial score (nSPS) is 17.9. The molecule has 0 aromatic heterocycles. The molecule has 2 N–H and O–H groups in total. The molecule has 3 nitrogen and oxygen atoms in total. The fourth-order valence-corrected chi connectivity index (χ4v) is 2.39. The van der Waals surface area contributed by atoms with Crippen LogP contribution in [0, 0.1) is 17.6 Å². The highest BCUT2D eigenvalue weighted by atomic mass is 35.5. The van der Waals surface area contributed by atoms with Crippen LogP contribution in [-0.2, 0) is 11.2 Å². The van der Waals surface area contributed by atoms with Crippen molar-refractivity contribution in [3.63, 3.8) is 0 Å². The van der Waals surface area contributed by atoms with Gasteiger partial charge in [-0.05, 0) is 49.1 Å². The summed E-state index contributed by atoms with van der Waals surface area (Å²) in [6.07, 6.45) is 1.36. The van der Waals surface area contributed by atoms with Crippen LogP contribution in [0.2, 0.25) is 0 Å². The molecule has 0 aliphatic carbocycles. The molecule has 1 atom stereocenters. The van der Waals surface area contributed by atoms with E-state index in [0.29, 0.717) is 25.6 Å². The van der Waals surface area contributed by atoms with Gasteiger partial charge in [0.05, 0.1) is 0 Å². The summed E-state index contributed by atoms with van der Waals surface area (Å²) in [5.41, 5.74) is 5.82. The first-order chi connectivity index (χ1) is 9.10. The summed E-state index contributed by atoms with van der Waals surface area (Å²) in [5, 5.41) is 0. The quantitative estimate of drug-likeness (QED) is 0.926. The molecule has 2 rings (SSSR count). The van der Waals surface area contributed by atoms with Crippen LogP contribution in [0.25, 0.3) is 0 Å². The average molecular weight is 305 g/mol. The molecule has 0 saturated carbocycles. The first-order valence-electron chi connectivity index (χ1n) is 6.52. The fraction of sp³-hybridized carbons (Fsp3) is 0.500. The number of benzene rings is 1. The molecule has 0 bridgehead atoms. The largest absolute Gasteiger partial charge is 0.342 e. The van der Waals surface area contributed by atoms with E-state index in [1.165, 1.54) is 0 Å². The van der Waals surface area contributed by atoms with Gasteiger partial charge >= 0.3 is 0 Å². The molecular weight excluding hydrogens is 286 g/mol. The van der Waals surface area contributed by atoms with Gasteiger partial charge in [-0.25, -0.2) is 8.78 Å². The highest BCUT2D eigenvalue weighted by Crippen LogP contribution is 2.17. The molecule has 1 aliphatic rings. The van der Waals surface area contributed by atoms with Crippen molar-refractivity contribution in [1.29, 1.82) is 0 Å². The number of nitrogens with zero attached hydrogens (tertiary/aromatic N) is 1. The Morgan fingerprint density at radius 2 is 2.15 bits per heavy atom. The highest BCUT2D eigenvalue weighted by molar-refractivity contribution is 5.85. The summed E-state index contributed by atoms with van der Waals surface area (Å²) in [7, 11) is 0. The maximum Gasteiger partial charge on any atom is 0.222 e. The van der Waals surface area contributed by atoms with E-state index < -0.39 is 11.6 Å². The zero-order valence-corrected chi connectivity index (χ0v) is 12.0. The maximum absolute atomic E-state index is 13.4. The van der Waals surface area contributed by atoms with E-state index in [1.54, 1.807) is 4.90 Å². The number of nitrogens with two attached hydrogens (primary N) is 1. The number of likely N-dealkylation sites (tertiary alicyclic amines) is 1. The first kappa shape index (κ1) is 16.9. The van der Waals surface area contributed by atoms with Crippen LogP contribution < -0.4 is 5.73 Å². The molecule has 1 unspecified atom stereocenters. The molecule has 20 heavy (non-hydrogen) atoms. The summed E-state index contributed by atoms with van der Waals surface area (Å²) in [4.78, 5) is 13.7. The predicted octanol–water partition coefficient (Wildman–Crippen LogP) is 2.13. The van der Waals surface area contributed by atoms with Gasteiger partial charge in [0.2, 0.25) is 5.91 Å². The van der Waals surface area contributed by atoms with Crippen molar-refractivity contribution < 1.29 is 13.6 Å². The van der Waals surface area contributed by atoms with Crippen molar-refractivity contribution in [3.8, 4) is 0 Å². The van der Waals surface area contributed by atoms with Crippen LogP contribution >= 0.6 is 12.4 Å². The molecule has 1 aliphatic heterocycles. The minimum absolute atomic E-state index is 0. The smallest absolute Gasteiger partial charge is 0.222 e. The van der Waals surface area contributed by atoms with Crippen molar-refractivity contribution in [1.82, 2.24) is 4.90 Å². The topological polar surface area (TPSA) is 46.3 Å². The molecule has 0 radical (unpaired) electrons. The van der Waals surface area contributed by atoms with Crippen molar-refractivity contribution in [2.75, 3.05) is 19.6 Å². The van der Waals surface area contributed by atoms with Crippen LogP contribution in [0.5, 0.6) is 0 Å². The van der Waals surface area contributed by atoms with Crippen LogP contribution in [0.4, 0.5) is 8.78 Å². The van der Waals surface area contributed by atoms with E-state index in [9.17, 15) is 13.6 Å². The number of hydrogen-bond acceptors (Lipinski definition) is 2. The number of amides is 1. The summed E-state index contributed by atoms with van der Waals surface area (Å²) in [6, 6.07) is 3.32. The third-order valence-corrected chi connectivity index (χ3v) is 3.59. The van der Waals surface area contributed by atoms with Crippen molar-refractivity contribution >= 4 is 18.3 Å². The Bertz CT molecular complexity index is 470. The Kier molecular flexibility index (Phi) is 6.36. The van der Waals surface area contributed by atoms with Gasteiger partial charge in [0, 0.05) is 19.5 Å². The monoisotopic (exact) mass is 304 g/mol. The van der Waals surface area contributed by atoms with E-state index in [1.807, 2.05) is 0 Å². The van der Waals surface area contributed by atoms with Gasteiger partial charge in [0.25, 0.3) is 0 Å². The van der Waals surface area contributed by atoms with E-state index in [2.05, 4.69) is 0 Å². The Morgan fingerprint density at radius 1 is 1.40 bits per heavy atom. The predicted molar refractivity (Wildman–Crippen MR) is 75.7 cm³/mol. The molecule has 1 amide bonds. The second-order valence-corrected chi connectivity index (χ2v) is 4.97. The number of halogens is 3. The molecule has 112 valence electrons. The zero-order chi connectivity index (χ0) is 13.8. The Labute approximate surface area is 123 Å². The van der Waals surface area contributed by atoms with Gasteiger partial charge in [-0.1, -0.05) is 0 Å². The lowest BCUT2D eigenvalue weighted by Crippen LogP contribution is -2.30. The first-order valence-corrected chi connectivity index (χ1v) is 6.52. The summed E-state index contributed by atoms with van der Waals surface area (Å²) >= 11 is 0. The third kappa shape index (κ3) is 4.15. The van der Waals surface area contributed by atoms with Crippen molar-refractivity contribution in [2.45, 2.75) is 19.3 Å². The van der Waals surface area contributed by atoms with Crippen LogP contribution in [-0.4, -0.2) is 30.4 Å². The molecule has 0 spiro atoms. The number of aryl methyl sites for hydroxylation is 1. The summed E-state index contributed by atoms with van der Waals surface area (Å²) in [6.45, 7) is 1.98. The summed E-state index contributed by atoms with van der Waals surface area (Å²) < 4.78 is 26.4.